The number of nitriles is 1. The van der Waals surface area contributed by atoms with Crippen molar-refractivity contribution in [3.8, 4) is 11.8 Å². The zero-order valence-electron chi connectivity index (χ0n) is 17.5. The van der Waals surface area contributed by atoms with E-state index in [9.17, 15) is 35.1 Å². The van der Waals surface area contributed by atoms with E-state index in [1.165, 1.54) is 60.7 Å². The molecule has 0 saturated heterocycles. The number of halogens is 1. The Kier molecular flexibility index (Phi) is 7.50. The van der Waals surface area contributed by atoms with Crippen LogP contribution in [0.15, 0.2) is 72.3 Å². The first-order valence-electron chi connectivity index (χ1n) is 9.61. The first-order chi connectivity index (χ1) is 16.7. The number of nitrogens with zero attached hydrogens (tertiary/aromatic N) is 3. The van der Waals surface area contributed by atoms with E-state index in [-0.39, 0.29) is 33.3 Å². The SMILES string of the molecule is N#C/C(=C\c1ccc(OC(=O)c2cccc([N+](=O)[O-])c2)cc1)C(=O)Nc1ccc(Cl)c([N+](=O)[O-])c1. The van der Waals surface area contributed by atoms with Crippen molar-refractivity contribution in [3.63, 3.8) is 0 Å². The molecular weight excluding hydrogens is 480 g/mol. The second-order valence-corrected chi connectivity index (χ2v) is 7.22. The van der Waals surface area contributed by atoms with Gasteiger partial charge in [-0.1, -0.05) is 29.8 Å². The lowest BCUT2D eigenvalue weighted by Gasteiger charge is -2.06. The average molecular weight is 493 g/mol. The van der Waals surface area contributed by atoms with Gasteiger partial charge >= 0.3 is 5.97 Å². The maximum Gasteiger partial charge on any atom is 0.343 e. The van der Waals surface area contributed by atoms with Crippen LogP contribution in [0.1, 0.15) is 15.9 Å². The van der Waals surface area contributed by atoms with E-state index in [2.05, 4.69) is 5.32 Å². The molecule has 12 heteroatoms. The van der Waals surface area contributed by atoms with Gasteiger partial charge < -0.3 is 10.1 Å². The van der Waals surface area contributed by atoms with E-state index in [1.807, 2.05) is 0 Å². The van der Waals surface area contributed by atoms with Crippen molar-refractivity contribution in [2.45, 2.75) is 0 Å². The molecule has 0 spiro atoms. The summed E-state index contributed by atoms with van der Waals surface area (Å²) < 4.78 is 5.20. The number of benzene rings is 3. The quantitative estimate of drug-likeness (QED) is 0.121. The molecule has 0 aromatic heterocycles. The van der Waals surface area contributed by atoms with Gasteiger partial charge in [0.25, 0.3) is 17.3 Å². The van der Waals surface area contributed by atoms with E-state index in [0.717, 1.165) is 12.1 Å². The third-order valence-corrected chi connectivity index (χ3v) is 4.78. The van der Waals surface area contributed by atoms with Crippen LogP contribution in [-0.4, -0.2) is 21.7 Å². The summed E-state index contributed by atoms with van der Waals surface area (Å²) in [5.74, 6) is -1.47. The second kappa shape index (κ2) is 10.7. The molecule has 0 heterocycles. The standard InChI is InChI=1S/C23H13ClN4O7/c24-20-9-6-17(12-21(20)28(33)34)26-22(29)16(13-25)10-14-4-7-19(8-5-14)35-23(30)15-2-1-3-18(11-15)27(31)32/h1-12H,(H,26,29)/b16-10+. The highest BCUT2D eigenvalue weighted by Crippen LogP contribution is 2.27. The van der Waals surface area contributed by atoms with Crippen LogP contribution in [0.5, 0.6) is 5.75 Å². The minimum absolute atomic E-state index is 0.00551. The number of carbonyl (C=O) groups is 2. The average Bonchev–Trinajstić information content (AvgIpc) is 2.84. The van der Waals surface area contributed by atoms with Gasteiger partial charge in [-0.05, 0) is 42.0 Å². The Balaban J connectivity index is 1.71. The third-order valence-electron chi connectivity index (χ3n) is 4.46. The fraction of sp³-hybridized carbons (Fsp3) is 0. The predicted molar refractivity (Wildman–Crippen MR) is 125 cm³/mol. The zero-order valence-corrected chi connectivity index (χ0v) is 18.3. The predicted octanol–water partition coefficient (Wildman–Crippen LogP) is 4.92. The van der Waals surface area contributed by atoms with Crippen molar-refractivity contribution in [3.05, 3.63) is 109 Å². The maximum atomic E-state index is 12.4. The van der Waals surface area contributed by atoms with Gasteiger partial charge in [-0.15, -0.1) is 0 Å². The highest BCUT2D eigenvalue weighted by atomic mass is 35.5. The molecule has 3 aromatic rings. The molecule has 174 valence electrons. The summed E-state index contributed by atoms with van der Waals surface area (Å²) in [6.45, 7) is 0. The Morgan fingerprint density at radius 1 is 1.00 bits per heavy atom. The summed E-state index contributed by atoms with van der Waals surface area (Å²) >= 11 is 5.75. The molecule has 3 rings (SSSR count). The molecule has 0 radical (unpaired) electrons. The molecule has 0 aliphatic rings. The van der Waals surface area contributed by atoms with Gasteiger partial charge in [-0.3, -0.25) is 25.0 Å². The van der Waals surface area contributed by atoms with Gasteiger partial charge in [0.05, 0.1) is 15.4 Å². The summed E-state index contributed by atoms with van der Waals surface area (Å²) in [4.78, 5) is 45.2. The third kappa shape index (κ3) is 6.25. The van der Waals surface area contributed by atoms with Crippen molar-refractivity contribution in [1.29, 1.82) is 5.26 Å². The Labute approximate surface area is 202 Å². The van der Waals surface area contributed by atoms with Crippen molar-refractivity contribution < 1.29 is 24.2 Å². The number of esters is 1. The first-order valence-corrected chi connectivity index (χ1v) is 9.99. The number of non-ortho nitro benzene ring substituents is 1. The van der Waals surface area contributed by atoms with E-state index in [4.69, 9.17) is 16.3 Å². The minimum Gasteiger partial charge on any atom is -0.423 e. The number of nitro groups is 2. The number of ether oxygens (including phenoxy) is 1. The molecule has 0 atom stereocenters. The zero-order chi connectivity index (χ0) is 25.5. The molecule has 0 aliphatic carbocycles. The van der Waals surface area contributed by atoms with Crippen molar-refractivity contribution in [2.75, 3.05) is 5.32 Å². The smallest absolute Gasteiger partial charge is 0.343 e. The summed E-state index contributed by atoms with van der Waals surface area (Å²) in [6.07, 6.45) is 1.27. The Hall–Kier alpha value is -5.08. The molecule has 1 N–H and O–H groups in total. The molecule has 0 aliphatic heterocycles. The van der Waals surface area contributed by atoms with E-state index >= 15 is 0 Å². The highest BCUT2D eigenvalue weighted by molar-refractivity contribution is 6.32. The molecule has 0 saturated carbocycles. The number of hydrogen-bond acceptors (Lipinski definition) is 8. The van der Waals surface area contributed by atoms with Crippen LogP contribution in [0.3, 0.4) is 0 Å². The Bertz CT molecular complexity index is 1410. The second-order valence-electron chi connectivity index (χ2n) is 6.81. The van der Waals surface area contributed by atoms with Gasteiger partial charge in [0, 0.05) is 23.9 Å². The van der Waals surface area contributed by atoms with Crippen molar-refractivity contribution >= 4 is 46.6 Å². The lowest BCUT2D eigenvalue weighted by molar-refractivity contribution is -0.385. The topological polar surface area (TPSA) is 165 Å². The largest absolute Gasteiger partial charge is 0.423 e. The number of nitro benzene ring substituents is 2. The maximum absolute atomic E-state index is 12.4. The van der Waals surface area contributed by atoms with Gasteiger partial charge in [0.2, 0.25) is 0 Å². The normalized spacial score (nSPS) is 10.7. The molecule has 35 heavy (non-hydrogen) atoms. The highest BCUT2D eigenvalue weighted by Gasteiger charge is 2.16. The van der Waals surface area contributed by atoms with Crippen molar-refractivity contribution in [2.24, 2.45) is 0 Å². The number of amides is 1. The fourth-order valence-corrected chi connectivity index (χ4v) is 2.98. The van der Waals surface area contributed by atoms with Crippen LogP contribution in [0.4, 0.5) is 17.1 Å². The Morgan fingerprint density at radius 2 is 1.71 bits per heavy atom. The van der Waals surface area contributed by atoms with Crippen LogP contribution in [-0.2, 0) is 4.79 Å². The van der Waals surface area contributed by atoms with Gasteiger partial charge in [-0.2, -0.15) is 5.26 Å². The molecule has 0 fully saturated rings. The van der Waals surface area contributed by atoms with Gasteiger partial charge in [-0.25, -0.2) is 4.79 Å². The van der Waals surface area contributed by atoms with Crippen LogP contribution in [0.2, 0.25) is 5.02 Å². The van der Waals surface area contributed by atoms with Gasteiger partial charge in [0.15, 0.2) is 0 Å². The lowest BCUT2D eigenvalue weighted by Crippen LogP contribution is -2.13. The molecule has 0 bridgehead atoms. The molecule has 1 amide bonds. The van der Waals surface area contributed by atoms with Gasteiger partial charge in [0.1, 0.15) is 22.4 Å². The van der Waals surface area contributed by atoms with Crippen LogP contribution in [0, 0.1) is 31.6 Å². The number of hydrogen-bond donors (Lipinski definition) is 1. The molecular formula is C23H13ClN4O7. The first kappa shape index (κ1) is 24.6. The minimum atomic E-state index is -0.801. The molecule has 3 aromatic carbocycles. The van der Waals surface area contributed by atoms with E-state index in [1.54, 1.807) is 6.07 Å². The molecule has 11 nitrogen and oxygen atoms in total. The van der Waals surface area contributed by atoms with Crippen LogP contribution < -0.4 is 10.1 Å². The Morgan fingerprint density at radius 3 is 2.34 bits per heavy atom. The fourth-order valence-electron chi connectivity index (χ4n) is 2.79. The van der Waals surface area contributed by atoms with Crippen molar-refractivity contribution in [1.82, 2.24) is 0 Å². The van der Waals surface area contributed by atoms with Crippen LogP contribution >= 0.6 is 11.6 Å². The van der Waals surface area contributed by atoms with E-state index in [0.29, 0.717) is 5.56 Å². The summed E-state index contributed by atoms with van der Waals surface area (Å²) in [5, 5.41) is 33.5. The lowest BCUT2D eigenvalue weighted by atomic mass is 10.1. The summed E-state index contributed by atoms with van der Waals surface area (Å²) in [7, 11) is 0. The monoisotopic (exact) mass is 492 g/mol. The summed E-state index contributed by atoms with van der Waals surface area (Å²) in [5.41, 5.74) is -0.444. The number of carbonyl (C=O) groups excluding carboxylic acids is 2. The number of rotatable bonds is 7. The number of nitrogens with one attached hydrogen (secondary N) is 1. The summed E-state index contributed by atoms with van der Waals surface area (Å²) in [6, 6.07) is 16.3. The molecule has 0 unspecified atom stereocenters. The van der Waals surface area contributed by atoms with E-state index < -0.39 is 27.4 Å². The van der Waals surface area contributed by atoms with Crippen LogP contribution in [0.25, 0.3) is 6.08 Å². The number of anilines is 1.